The maximum absolute atomic E-state index is 12.8. The molecule has 1 unspecified atom stereocenters. The summed E-state index contributed by atoms with van der Waals surface area (Å²) in [5.74, 6) is 0.377. The zero-order valence-corrected chi connectivity index (χ0v) is 14.9. The number of methoxy groups -OCH3 is 1. The van der Waals surface area contributed by atoms with E-state index in [4.69, 9.17) is 9.47 Å². The lowest BCUT2D eigenvalue weighted by Gasteiger charge is -2.18. The van der Waals surface area contributed by atoms with Crippen LogP contribution in [-0.2, 0) is 9.53 Å². The quantitative estimate of drug-likeness (QED) is 0.753. The van der Waals surface area contributed by atoms with Crippen LogP contribution in [0.15, 0.2) is 51.9 Å². The lowest BCUT2D eigenvalue weighted by atomic mass is 10.1. The summed E-state index contributed by atoms with van der Waals surface area (Å²) in [6, 6.07) is 5.35. The van der Waals surface area contributed by atoms with Gasteiger partial charge in [-0.15, -0.1) is 0 Å². The number of carbonyl (C=O) groups excluding carboxylic acids is 1. The Morgan fingerprint density at radius 1 is 1.33 bits per heavy atom. The van der Waals surface area contributed by atoms with Crippen molar-refractivity contribution in [1.29, 1.82) is 0 Å². The molecule has 3 rings (SSSR count). The van der Waals surface area contributed by atoms with E-state index < -0.39 is 0 Å². The maximum atomic E-state index is 12.8. The lowest BCUT2D eigenvalue weighted by molar-refractivity contribution is -0.144. The second-order valence-corrected chi connectivity index (χ2v) is 6.29. The second-order valence-electron chi connectivity index (χ2n) is 5.44. The van der Waals surface area contributed by atoms with Crippen LogP contribution in [0, 0.1) is 0 Å². The first-order chi connectivity index (χ1) is 11.5. The van der Waals surface area contributed by atoms with Crippen molar-refractivity contribution in [3.05, 3.63) is 57.5 Å². The van der Waals surface area contributed by atoms with Crippen molar-refractivity contribution in [2.75, 3.05) is 7.11 Å². The molecule has 24 heavy (non-hydrogen) atoms. The van der Waals surface area contributed by atoms with E-state index in [9.17, 15) is 9.59 Å². The van der Waals surface area contributed by atoms with Gasteiger partial charge in [-0.1, -0.05) is 6.08 Å². The smallest absolute Gasteiger partial charge is 0.303 e. The molecular weight excluding hydrogens is 374 g/mol. The van der Waals surface area contributed by atoms with E-state index in [1.165, 1.54) is 6.92 Å². The number of nitrogens with zero attached hydrogens (tertiary/aromatic N) is 1. The van der Waals surface area contributed by atoms with E-state index in [-0.39, 0.29) is 17.6 Å². The molecule has 0 saturated carbocycles. The van der Waals surface area contributed by atoms with Crippen LogP contribution in [0.5, 0.6) is 5.75 Å². The molecule has 0 N–H and O–H groups in total. The summed E-state index contributed by atoms with van der Waals surface area (Å²) in [7, 11) is 1.59. The molecule has 1 aromatic heterocycles. The summed E-state index contributed by atoms with van der Waals surface area (Å²) in [5, 5.41) is 1.40. The first-order valence-corrected chi connectivity index (χ1v) is 8.24. The number of aromatic nitrogens is 1. The number of pyridine rings is 1. The minimum Gasteiger partial charge on any atom is -0.497 e. The Morgan fingerprint density at radius 3 is 2.75 bits per heavy atom. The molecule has 0 fully saturated rings. The van der Waals surface area contributed by atoms with E-state index in [0.29, 0.717) is 17.6 Å². The average molecular weight is 390 g/mol. The molecule has 0 aliphatic heterocycles. The molecule has 0 bridgehead atoms. The molecule has 1 aliphatic carbocycles. The number of carbonyl (C=O) groups is 1. The Bertz CT molecular complexity index is 926. The highest BCUT2D eigenvalue weighted by Crippen LogP contribution is 2.27. The second kappa shape index (κ2) is 6.65. The summed E-state index contributed by atoms with van der Waals surface area (Å²) in [6.07, 6.45) is 7.46. The monoisotopic (exact) mass is 389 g/mol. The highest BCUT2D eigenvalue weighted by molar-refractivity contribution is 9.10. The van der Waals surface area contributed by atoms with Gasteiger partial charge in [-0.2, -0.15) is 0 Å². The minimum absolute atomic E-state index is 0.113. The molecule has 1 aromatic carbocycles. The van der Waals surface area contributed by atoms with Crippen LogP contribution >= 0.6 is 15.9 Å². The van der Waals surface area contributed by atoms with Crippen molar-refractivity contribution < 1.29 is 14.3 Å². The van der Waals surface area contributed by atoms with Crippen LogP contribution in [0.1, 0.15) is 13.3 Å². The van der Waals surface area contributed by atoms with E-state index in [1.807, 2.05) is 12.1 Å². The van der Waals surface area contributed by atoms with Gasteiger partial charge in [-0.05, 0) is 46.3 Å². The normalized spacial score (nSPS) is 16.8. The number of allylic oxidation sites excluding steroid dienone is 2. The summed E-state index contributed by atoms with van der Waals surface area (Å²) in [5.41, 5.74) is 0.638. The molecule has 1 heterocycles. The van der Waals surface area contributed by atoms with E-state index >= 15 is 0 Å². The molecule has 2 aromatic rings. The molecule has 0 spiro atoms. The van der Waals surface area contributed by atoms with E-state index in [1.54, 1.807) is 42.2 Å². The number of ether oxygens (including phenoxy) is 2. The third-order valence-electron chi connectivity index (χ3n) is 3.81. The number of halogens is 1. The van der Waals surface area contributed by atoms with Gasteiger partial charge < -0.3 is 9.47 Å². The molecule has 6 heteroatoms. The fourth-order valence-electron chi connectivity index (χ4n) is 2.67. The fraction of sp³-hybridized carbons (Fsp3) is 0.222. The Kier molecular flexibility index (Phi) is 4.57. The van der Waals surface area contributed by atoms with Gasteiger partial charge in [-0.25, -0.2) is 0 Å². The number of fused-ring (bicyclic) bond motifs is 1. The van der Waals surface area contributed by atoms with Crippen molar-refractivity contribution in [3.63, 3.8) is 0 Å². The van der Waals surface area contributed by atoms with Gasteiger partial charge >= 0.3 is 5.97 Å². The van der Waals surface area contributed by atoms with Gasteiger partial charge in [0.05, 0.1) is 7.11 Å². The first kappa shape index (κ1) is 16.5. The van der Waals surface area contributed by atoms with Crippen molar-refractivity contribution in [2.45, 2.75) is 19.4 Å². The fourth-order valence-corrected chi connectivity index (χ4v) is 3.20. The SMILES string of the molecule is COc1ccc2c(=O)n(C3=CCC(OC(C)=O)C=C3)cc(Br)c2c1. The molecule has 0 amide bonds. The Labute approximate surface area is 147 Å². The Morgan fingerprint density at radius 2 is 2.12 bits per heavy atom. The van der Waals surface area contributed by atoms with Crippen LogP contribution in [0.3, 0.4) is 0 Å². The maximum Gasteiger partial charge on any atom is 0.303 e. The molecule has 1 aliphatic rings. The highest BCUT2D eigenvalue weighted by atomic mass is 79.9. The number of esters is 1. The zero-order chi connectivity index (χ0) is 17.3. The van der Waals surface area contributed by atoms with Crippen molar-refractivity contribution in [3.8, 4) is 5.75 Å². The summed E-state index contributed by atoms with van der Waals surface area (Å²) >= 11 is 3.52. The average Bonchev–Trinajstić information content (AvgIpc) is 2.58. The standard InChI is InChI=1S/C18H16BrNO4/c1-11(21)24-13-5-3-12(4-6-13)20-10-17(19)16-9-14(23-2)7-8-15(16)18(20)22/h3-5,7-10,13H,6H2,1-2H3. The Hall–Kier alpha value is -2.34. The summed E-state index contributed by atoms with van der Waals surface area (Å²) in [4.78, 5) is 23.8. The predicted octanol–water partition coefficient (Wildman–Crippen LogP) is 3.51. The lowest BCUT2D eigenvalue weighted by Crippen LogP contribution is -2.21. The van der Waals surface area contributed by atoms with Crippen molar-refractivity contribution >= 4 is 38.4 Å². The van der Waals surface area contributed by atoms with Gasteiger partial charge in [0.1, 0.15) is 11.9 Å². The van der Waals surface area contributed by atoms with Gasteiger partial charge in [0.15, 0.2) is 0 Å². The molecular formula is C18H16BrNO4. The number of hydrogen-bond acceptors (Lipinski definition) is 4. The van der Waals surface area contributed by atoms with Crippen LogP contribution in [0.2, 0.25) is 0 Å². The van der Waals surface area contributed by atoms with Gasteiger partial charge in [0.2, 0.25) is 0 Å². The van der Waals surface area contributed by atoms with Crippen LogP contribution in [0.4, 0.5) is 0 Å². The molecule has 124 valence electrons. The van der Waals surface area contributed by atoms with Gasteiger partial charge in [-0.3, -0.25) is 14.2 Å². The predicted molar refractivity (Wildman–Crippen MR) is 96.0 cm³/mol. The van der Waals surface area contributed by atoms with Crippen molar-refractivity contribution in [2.24, 2.45) is 0 Å². The van der Waals surface area contributed by atoms with Gasteiger partial charge in [0.25, 0.3) is 5.56 Å². The van der Waals surface area contributed by atoms with Crippen molar-refractivity contribution in [1.82, 2.24) is 4.57 Å². The third-order valence-corrected chi connectivity index (χ3v) is 4.44. The summed E-state index contributed by atoms with van der Waals surface area (Å²) < 4.78 is 12.7. The van der Waals surface area contributed by atoms with Crippen LogP contribution in [0.25, 0.3) is 16.5 Å². The Balaban J connectivity index is 2.01. The van der Waals surface area contributed by atoms with Gasteiger partial charge in [0, 0.05) is 40.5 Å². The topological polar surface area (TPSA) is 57.5 Å². The number of rotatable bonds is 3. The highest BCUT2D eigenvalue weighted by Gasteiger charge is 2.15. The third kappa shape index (κ3) is 3.14. The number of hydrogen-bond donors (Lipinski definition) is 0. The molecule has 0 saturated heterocycles. The molecule has 0 radical (unpaired) electrons. The first-order valence-electron chi connectivity index (χ1n) is 7.44. The number of benzene rings is 1. The molecule has 5 nitrogen and oxygen atoms in total. The zero-order valence-electron chi connectivity index (χ0n) is 13.3. The van der Waals surface area contributed by atoms with Crippen LogP contribution < -0.4 is 10.3 Å². The summed E-state index contributed by atoms with van der Waals surface area (Å²) in [6.45, 7) is 1.38. The largest absolute Gasteiger partial charge is 0.497 e. The van der Waals surface area contributed by atoms with E-state index in [0.717, 1.165) is 15.6 Å². The van der Waals surface area contributed by atoms with E-state index in [2.05, 4.69) is 15.9 Å². The van der Waals surface area contributed by atoms with Crippen LogP contribution in [-0.4, -0.2) is 23.8 Å². The minimum atomic E-state index is -0.318. The molecule has 1 atom stereocenters.